The summed E-state index contributed by atoms with van der Waals surface area (Å²) in [6.07, 6.45) is 0. The van der Waals surface area contributed by atoms with Gasteiger partial charge in [-0.2, -0.15) is 0 Å². The molecule has 2 N–H and O–H groups in total. The topological polar surface area (TPSA) is 52.3 Å². The number of carbonyl (C=O) groups excluding carboxylic acids is 1. The summed E-state index contributed by atoms with van der Waals surface area (Å²) in [5.74, 6) is -1.15. The Bertz CT molecular complexity index is 585. The molecule has 1 heterocycles. The first-order chi connectivity index (χ1) is 8.56. The standard InChI is InChI=1S/C12H9BrFNO2S/c13-11-4-2-8(18-11)6-17-12(16)9-5-7(14)1-3-10(9)15/h1-5H,6,15H2. The van der Waals surface area contributed by atoms with E-state index in [0.717, 1.165) is 14.7 Å². The Morgan fingerprint density at radius 3 is 2.83 bits per heavy atom. The molecule has 0 radical (unpaired) electrons. The van der Waals surface area contributed by atoms with E-state index in [1.54, 1.807) is 0 Å². The lowest BCUT2D eigenvalue weighted by molar-refractivity contribution is 0.0477. The first kappa shape index (κ1) is 13.0. The Morgan fingerprint density at radius 2 is 2.17 bits per heavy atom. The van der Waals surface area contributed by atoms with Crippen LogP contribution >= 0.6 is 27.3 Å². The molecule has 1 aromatic carbocycles. The molecule has 0 aliphatic heterocycles. The van der Waals surface area contributed by atoms with Gasteiger partial charge in [0, 0.05) is 10.6 Å². The maximum absolute atomic E-state index is 13.0. The fourth-order valence-electron chi connectivity index (χ4n) is 1.35. The number of halogens is 2. The molecule has 18 heavy (non-hydrogen) atoms. The minimum absolute atomic E-state index is 0.0469. The van der Waals surface area contributed by atoms with Gasteiger partial charge in [0.1, 0.15) is 12.4 Å². The van der Waals surface area contributed by atoms with Crippen LogP contribution < -0.4 is 5.73 Å². The Labute approximate surface area is 116 Å². The number of thiophene rings is 1. The van der Waals surface area contributed by atoms with Crippen molar-refractivity contribution in [1.82, 2.24) is 0 Å². The zero-order chi connectivity index (χ0) is 13.1. The fourth-order valence-corrected chi connectivity index (χ4v) is 2.75. The second-order valence-corrected chi connectivity index (χ2v) is 6.06. The highest BCUT2D eigenvalue weighted by molar-refractivity contribution is 9.11. The van der Waals surface area contributed by atoms with E-state index in [4.69, 9.17) is 10.5 Å². The number of hydrogen-bond donors (Lipinski definition) is 1. The van der Waals surface area contributed by atoms with E-state index in [-0.39, 0.29) is 17.9 Å². The highest BCUT2D eigenvalue weighted by Crippen LogP contribution is 2.23. The van der Waals surface area contributed by atoms with E-state index in [2.05, 4.69) is 15.9 Å². The first-order valence-electron chi connectivity index (χ1n) is 5.02. The van der Waals surface area contributed by atoms with Crippen LogP contribution in [0, 0.1) is 5.82 Å². The molecule has 0 unspecified atom stereocenters. The van der Waals surface area contributed by atoms with Crippen molar-refractivity contribution in [3.05, 3.63) is 50.4 Å². The summed E-state index contributed by atoms with van der Waals surface area (Å²) in [7, 11) is 0. The molecule has 0 atom stereocenters. The molecule has 94 valence electrons. The number of carbonyl (C=O) groups is 1. The van der Waals surface area contributed by atoms with Crippen molar-refractivity contribution in [2.45, 2.75) is 6.61 Å². The molecule has 0 aliphatic rings. The Hall–Kier alpha value is -1.40. The number of anilines is 1. The Kier molecular flexibility index (Phi) is 3.98. The molecular formula is C12H9BrFNO2S. The molecule has 0 bridgehead atoms. The number of ether oxygens (including phenoxy) is 1. The van der Waals surface area contributed by atoms with Gasteiger partial charge >= 0.3 is 5.97 Å². The molecule has 0 spiro atoms. The molecular weight excluding hydrogens is 321 g/mol. The van der Waals surface area contributed by atoms with Crippen LogP contribution in [-0.4, -0.2) is 5.97 Å². The number of esters is 1. The molecule has 3 nitrogen and oxygen atoms in total. The number of benzene rings is 1. The summed E-state index contributed by atoms with van der Waals surface area (Å²) in [4.78, 5) is 12.6. The van der Waals surface area contributed by atoms with Crippen LogP contribution in [0.1, 0.15) is 15.2 Å². The van der Waals surface area contributed by atoms with E-state index < -0.39 is 11.8 Å². The summed E-state index contributed by atoms with van der Waals surface area (Å²) in [6, 6.07) is 7.32. The van der Waals surface area contributed by atoms with Crippen LogP contribution in [-0.2, 0) is 11.3 Å². The summed E-state index contributed by atoms with van der Waals surface area (Å²) in [5, 5.41) is 0. The molecule has 0 fully saturated rings. The number of rotatable bonds is 3. The van der Waals surface area contributed by atoms with Gasteiger partial charge in [0.25, 0.3) is 0 Å². The van der Waals surface area contributed by atoms with Gasteiger partial charge in [0.2, 0.25) is 0 Å². The van der Waals surface area contributed by atoms with Crippen molar-refractivity contribution in [3.8, 4) is 0 Å². The largest absolute Gasteiger partial charge is 0.456 e. The smallest absolute Gasteiger partial charge is 0.340 e. The fraction of sp³-hybridized carbons (Fsp3) is 0.0833. The van der Waals surface area contributed by atoms with Gasteiger partial charge in [0.15, 0.2) is 0 Å². The number of nitrogens with two attached hydrogens (primary N) is 1. The van der Waals surface area contributed by atoms with E-state index in [1.807, 2.05) is 12.1 Å². The van der Waals surface area contributed by atoms with Gasteiger partial charge in [-0.1, -0.05) is 0 Å². The predicted molar refractivity (Wildman–Crippen MR) is 72.0 cm³/mol. The van der Waals surface area contributed by atoms with Gasteiger partial charge in [-0.25, -0.2) is 9.18 Å². The average Bonchev–Trinajstić information content (AvgIpc) is 2.75. The first-order valence-corrected chi connectivity index (χ1v) is 6.63. The molecule has 2 rings (SSSR count). The highest BCUT2D eigenvalue weighted by atomic mass is 79.9. The monoisotopic (exact) mass is 329 g/mol. The minimum Gasteiger partial charge on any atom is -0.456 e. The van der Waals surface area contributed by atoms with Crippen LogP contribution in [0.4, 0.5) is 10.1 Å². The van der Waals surface area contributed by atoms with Crippen LogP contribution in [0.2, 0.25) is 0 Å². The predicted octanol–water partition coefficient (Wildman–Crippen LogP) is 3.59. The normalized spacial score (nSPS) is 10.3. The molecule has 0 amide bonds. The van der Waals surface area contributed by atoms with E-state index >= 15 is 0 Å². The van der Waals surface area contributed by atoms with Crippen molar-refractivity contribution < 1.29 is 13.9 Å². The second kappa shape index (κ2) is 5.49. The van der Waals surface area contributed by atoms with E-state index in [1.165, 1.54) is 23.5 Å². The maximum atomic E-state index is 13.0. The van der Waals surface area contributed by atoms with E-state index in [0.29, 0.717) is 0 Å². The van der Waals surface area contributed by atoms with Crippen LogP contribution in [0.25, 0.3) is 0 Å². The Balaban J connectivity index is 2.05. The van der Waals surface area contributed by atoms with Gasteiger partial charge in [0.05, 0.1) is 9.35 Å². The van der Waals surface area contributed by atoms with Crippen LogP contribution in [0.3, 0.4) is 0 Å². The summed E-state index contributed by atoms with van der Waals surface area (Å²) in [5.41, 5.74) is 5.84. The van der Waals surface area contributed by atoms with Crippen molar-refractivity contribution in [3.63, 3.8) is 0 Å². The van der Waals surface area contributed by atoms with Crippen molar-refractivity contribution in [1.29, 1.82) is 0 Å². The lowest BCUT2D eigenvalue weighted by Gasteiger charge is -2.05. The minimum atomic E-state index is -0.628. The lowest BCUT2D eigenvalue weighted by atomic mass is 10.2. The highest BCUT2D eigenvalue weighted by Gasteiger charge is 2.12. The van der Waals surface area contributed by atoms with Crippen LogP contribution in [0.15, 0.2) is 34.1 Å². The third-order valence-corrected chi connectivity index (χ3v) is 3.81. The Morgan fingerprint density at radius 1 is 1.39 bits per heavy atom. The summed E-state index contributed by atoms with van der Waals surface area (Å²) < 4.78 is 19.0. The maximum Gasteiger partial charge on any atom is 0.340 e. The second-order valence-electron chi connectivity index (χ2n) is 3.51. The molecule has 0 saturated heterocycles. The van der Waals surface area contributed by atoms with Crippen LogP contribution in [0.5, 0.6) is 0 Å². The quantitative estimate of drug-likeness (QED) is 0.691. The molecule has 0 aliphatic carbocycles. The van der Waals surface area contributed by atoms with Gasteiger partial charge in [-0.3, -0.25) is 0 Å². The summed E-state index contributed by atoms with van der Waals surface area (Å²) >= 11 is 4.78. The molecule has 0 saturated carbocycles. The summed E-state index contributed by atoms with van der Waals surface area (Å²) in [6.45, 7) is 0.144. The zero-order valence-electron chi connectivity index (χ0n) is 9.15. The third-order valence-electron chi connectivity index (χ3n) is 2.21. The molecule has 2 aromatic rings. The number of nitrogen functional groups attached to an aromatic ring is 1. The number of hydrogen-bond acceptors (Lipinski definition) is 4. The lowest BCUT2D eigenvalue weighted by Crippen LogP contribution is -2.08. The van der Waals surface area contributed by atoms with Crippen molar-refractivity contribution in [2.24, 2.45) is 0 Å². The van der Waals surface area contributed by atoms with Crippen molar-refractivity contribution in [2.75, 3.05) is 5.73 Å². The van der Waals surface area contributed by atoms with Gasteiger partial charge in [-0.15, -0.1) is 11.3 Å². The average molecular weight is 330 g/mol. The molecule has 6 heteroatoms. The van der Waals surface area contributed by atoms with Gasteiger partial charge in [-0.05, 0) is 46.3 Å². The SMILES string of the molecule is Nc1ccc(F)cc1C(=O)OCc1ccc(Br)s1. The van der Waals surface area contributed by atoms with Gasteiger partial charge < -0.3 is 10.5 Å². The zero-order valence-corrected chi connectivity index (χ0v) is 11.6. The third kappa shape index (κ3) is 3.08. The van der Waals surface area contributed by atoms with Crippen molar-refractivity contribution >= 4 is 38.9 Å². The molecule has 1 aromatic heterocycles. The van der Waals surface area contributed by atoms with E-state index in [9.17, 15) is 9.18 Å².